The summed E-state index contributed by atoms with van der Waals surface area (Å²) in [7, 11) is 0. The summed E-state index contributed by atoms with van der Waals surface area (Å²) in [6, 6.07) is 7.16. The Labute approximate surface area is 137 Å². The maximum absolute atomic E-state index is 13.6. The van der Waals surface area contributed by atoms with Gasteiger partial charge in [-0.2, -0.15) is 0 Å². The number of nitrogens with one attached hydrogen (secondary N) is 1. The molecule has 1 saturated carbocycles. The highest BCUT2D eigenvalue weighted by Gasteiger charge is 2.26. The molecule has 1 fully saturated rings. The first-order valence-corrected chi connectivity index (χ1v) is 8.56. The SMILES string of the molecule is CCn1c(C)nnc1CN[C@@H](c1cccc(F)c1)C1CCCC1. The molecule has 5 heteroatoms. The highest BCUT2D eigenvalue weighted by molar-refractivity contribution is 5.21. The number of aromatic nitrogens is 3. The van der Waals surface area contributed by atoms with Gasteiger partial charge >= 0.3 is 0 Å². The number of rotatable bonds is 6. The van der Waals surface area contributed by atoms with Crippen LogP contribution in [0.25, 0.3) is 0 Å². The zero-order valence-electron chi connectivity index (χ0n) is 13.9. The van der Waals surface area contributed by atoms with Gasteiger partial charge in [-0.1, -0.05) is 25.0 Å². The predicted molar refractivity (Wildman–Crippen MR) is 88.4 cm³/mol. The van der Waals surface area contributed by atoms with Crippen molar-refractivity contribution >= 4 is 0 Å². The quantitative estimate of drug-likeness (QED) is 0.882. The largest absolute Gasteiger partial charge is 0.314 e. The van der Waals surface area contributed by atoms with Gasteiger partial charge in [0.25, 0.3) is 0 Å². The molecule has 1 aromatic carbocycles. The van der Waals surface area contributed by atoms with E-state index in [-0.39, 0.29) is 11.9 Å². The van der Waals surface area contributed by atoms with Crippen molar-refractivity contribution in [2.45, 2.75) is 58.7 Å². The molecule has 0 radical (unpaired) electrons. The Hall–Kier alpha value is -1.75. The van der Waals surface area contributed by atoms with Crippen molar-refractivity contribution in [2.75, 3.05) is 0 Å². The van der Waals surface area contributed by atoms with Crippen LogP contribution in [-0.4, -0.2) is 14.8 Å². The molecule has 0 spiro atoms. The second kappa shape index (κ2) is 7.21. The molecular weight excluding hydrogens is 291 g/mol. The summed E-state index contributed by atoms with van der Waals surface area (Å²) < 4.78 is 15.8. The van der Waals surface area contributed by atoms with Crippen molar-refractivity contribution in [1.29, 1.82) is 0 Å². The Morgan fingerprint density at radius 2 is 2.09 bits per heavy atom. The minimum absolute atomic E-state index is 0.167. The second-order valence-electron chi connectivity index (χ2n) is 6.37. The molecule has 2 aromatic rings. The Morgan fingerprint density at radius 3 is 2.78 bits per heavy atom. The molecule has 4 nitrogen and oxygen atoms in total. The molecule has 1 atom stereocenters. The molecule has 1 heterocycles. The standard InChI is InChI=1S/C18H25FN4/c1-3-23-13(2)21-22-17(23)12-20-18(14-7-4-5-8-14)15-9-6-10-16(19)11-15/h6,9-11,14,18,20H,3-5,7-8,12H2,1-2H3/t18-/m1/s1. The number of benzene rings is 1. The second-order valence-corrected chi connectivity index (χ2v) is 6.37. The molecule has 0 saturated heterocycles. The minimum Gasteiger partial charge on any atom is -0.314 e. The van der Waals surface area contributed by atoms with Crippen molar-refractivity contribution < 1.29 is 4.39 Å². The van der Waals surface area contributed by atoms with Crippen molar-refractivity contribution in [2.24, 2.45) is 5.92 Å². The molecule has 0 unspecified atom stereocenters. The van der Waals surface area contributed by atoms with Crippen molar-refractivity contribution in [3.8, 4) is 0 Å². The van der Waals surface area contributed by atoms with Crippen LogP contribution in [-0.2, 0) is 13.1 Å². The summed E-state index contributed by atoms with van der Waals surface area (Å²) in [6.45, 7) is 5.60. The van der Waals surface area contributed by atoms with Crippen LogP contribution < -0.4 is 5.32 Å². The highest BCUT2D eigenvalue weighted by Crippen LogP contribution is 2.36. The lowest BCUT2D eigenvalue weighted by Gasteiger charge is -2.25. The predicted octanol–water partition coefficient (Wildman–Crippen LogP) is 3.77. The van der Waals surface area contributed by atoms with E-state index in [1.807, 2.05) is 13.0 Å². The topological polar surface area (TPSA) is 42.7 Å². The van der Waals surface area contributed by atoms with E-state index >= 15 is 0 Å². The molecule has 0 bridgehead atoms. The Bertz CT molecular complexity index is 646. The number of hydrogen-bond acceptors (Lipinski definition) is 3. The van der Waals surface area contributed by atoms with E-state index < -0.39 is 0 Å². The zero-order chi connectivity index (χ0) is 16.2. The third kappa shape index (κ3) is 3.61. The van der Waals surface area contributed by atoms with Crippen molar-refractivity contribution in [1.82, 2.24) is 20.1 Å². The first kappa shape index (κ1) is 16.1. The average molecular weight is 316 g/mol. The lowest BCUT2D eigenvalue weighted by molar-refractivity contribution is 0.359. The van der Waals surface area contributed by atoms with E-state index in [0.717, 1.165) is 23.8 Å². The maximum atomic E-state index is 13.6. The lowest BCUT2D eigenvalue weighted by atomic mass is 9.91. The summed E-state index contributed by atoms with van der Waals surface area (Å²) in [5.41, 5.74) is 1.04. The van der Waals surface area contributed by atoms with Gasteiger partial charge in [0.1, 0.15) is 17.5 Å². The molecular formula is C18H25FN4. The van der Waals surface area contributed by atoms with Crippen molar-refractivity contribution in [3.63, 3.8) is 0 Å². The molecule has 1 aromatic heterocycles. The van der Waals surface area contributed by atoms with E-state index in [4.69, 9.17) is 0 Å². The van der Waals surface area contributed by atoms with Crippen LogP contribution in [0.3, 0.4) is 0 Å². The van der Waals surface area contributed by atoms with E-state index in [9.17, 15) is 4.39 Å². The van der Waals surface area contributed by atoms with Crippen LogP contribution >= 0.6 is 0 Å². The number of nitrogens with zero attached hydrogens (tertiary/aromatic N) is 3. The average Bonchev–Trinajstić information content (AvgIpc) is 3.18. The van der Waals surface area contributed by atoms with Crippen LogP contribution in [0.1, 0.15) is 55.9 Å². The van der Waals surface area contributed by atoms with Gasteiger partial charge in [-0.3, -0.25) is 0 Å². The van der Waals surface area contributed by atoms with E-state index in [2.05, 4.69) is 27.0 Å². The van der Waals surface area contributed by atoms with Crippen LogP contribution in [0, 0.1) is 18.7 Å². The summed E-state index contributed by atoms with van der Waals surface area (Å²) in [4.78, 5) is 0. The molecule has 0 aliphatic heterocycles. The first-order valence-electron chi connectivity index (χ1n) is 8.56. The molecule has 0 amide bonds. The summed E-state index contributed by atoms with van der Waals surface area (Å²) in [6.07, 6.45) is 4.94. The molecule has 1 N–H and O–H groups in total. The third-order valence-corrected chi connectivity index (χ3v) is 4.89. The fourth-order valence-electron chi connectivity index (χ4n) is 3.72. The van der Waals surface area contributed by atoms with Gasteiger partial charge in [-0.25, -0.2) is 4.39 Å². The normalized spacial score (nSPS) is 16.8. The fraction of sp³-hybridized carbons (Fsp3) is 0.556. The summed E-state index contributed by atoms with van der Waals surface area (Å²) in [5.74, 6) is 2.28. The van der Waals surface area contributed by atoms with Crippen LogP contribution in [0.15, 0.2) is 24.3 Å². The third-order valence-electron chi connectivity index (χ3n) is 4.89. The van der Waals surface area contributed by atoms with Gasteiger partial charge < -0.3 is 9.88 Å². The monoisotopic (exact) mass is 316 g/mol. The zero-order valence-corrected chi connectivity index (χ0v) is 13.9. The van der Waals surface area contributed by atoms with Gasteiger partial charge in [0.05, 0.1) is 6.54 Å². The smallest absolute Gasteiger partial charge is 0.147 e. The van der Waals surface area contributed by atoms with Gasteiger partial charge in [-0.05, 0) is 50.3 Å². The van der Waals surface area contributed by atoms with Gasteiger partial charge in [0.2, 0.25) is 0 Å². The Balaban J connectivity index is 1.78. The first-order chi connectivity index (χ1) is 11.2. The lowest BCUT2D eigenvalue weighted by Crippen LogP contribution is -2.28. The van der Waals surface area contributed by atoms with Crippen LogP contribution in [0.2, 0.25) is 0 Å². The van der Waals surface area contributed by atoms with Gasteiger partial charge in [-0.15, -0.1) is 10.2 Å². The number of hydrogen-bond donors (Lipinski definition) is 1. The van der Waals surface area contributed by atoms with E-state index in [1.165, 1.54) is 31.7 Å². The summed E-state index contributed by atoms with van der Waals surface area (Å²) in [5, 5.41) is 12.1. The number of aryl methyl sites for hydroxylation is 1. The van der Waals surface area contributed by atoms with Crippen LogP contribution in [0.4, 0.5) is 4.39 Å². The highest BCUT2D eigenvalue weighted by atomic mass is 19.1. The summed E-state index contributed by atoms with van der Waals surface area (Å²) >= 11 is 0. The Kier molecular flexibility index (Phi) is 5.06. The van der Waals surface area contributed by atoms with Gasteiger partial charge in [0, 0.05) is 12.6 Å². The van der Waals surface area contributed by atoms with E-state index in [1.54, 1.807) is 12.1 Å². The number of halogens is 1. The Morgan fingerprint density at radius 1 is 1.30 bits per heavy atom. The molecule has 3 rings (SSSR count). The van der Waals surface area contributed by atoms with Crippen LogP contribution in [0.5, 0.6) is 0 Å². The molecule has 124 valence electrons. The van der Waals surface area contributed by atoms with Crippen molar-refractivity contribution in [3.05, 3.63) is 47.3 Å². The molecule has 1 aliphatic carbocycles. The molecule has 23 heavy (non-hydrogen) atoms. The minimum atomic E-state index is -0.167. The van der Waals surface area contributed by atoms with E-state index in [0.29, 0.717) is 12.5 Å². The van der Waals surface area contributed by atoms with Gasteiger partial charge in [0.15, 0.2) is 0 Å². The molecule has 1 aliphatic rings. The maximum Gasteiger partial charge on any atom is 0.147 e. The fourth-order valence-corrected chi connectivity index (χ4v) is 3.72.